The number of nitrogens with zero attached hydrogens (tertiary/aromatic N) is 1. The lowest BCUT2D eigenvalue weighted by Crippen LogP contribution is -2.63. The van der Waals surface area contributed by atoms with Gasteiger partial charge in [-0.15, -0.1) is 0 Å². The summed E-state index contributed by atoms with van der Waals surface area (Å²) in [5.41, 5.74) is -0.220. The van der Waals surface area contributed by atoms with Crippen molar-refractivity contribution < 1.29 is 19.1 Å². The Morgan fingerprint density at radius 3 is 2.19 bits per heavy atom. The molecule has 0 aliphatic heterocycles. The summed E-state index contributed by atoms with van der Waals surface area (Å²) < 4.78 is 5.01. The summed E-state index contributed by atoms with van der Waals surface area (Å²) in [6.45, 7) is 12.1. The molecule has 0 aromatic carbocycles. The Hall–Kier alpha value is -1.89. The number of amides is 2. The summed E-state index contributed by atoms with van der Waals surface area (Å²) in [4.78, 5) is 40.4. The number of carbonyl (C=O) groups is 3. The van der Waals surface area contributed by atoms with E-state index in [-0.39, 0.29) is 29.7 Å². The first-order valence-corrected chi connectivity index (χ1v) is 12.3. The number of hydrogen-bond donors (Lipinski definition) is 2. The van der Waals surface area contributed by atoms with Crippen LogP contribution >= 0.6 is 0 Å². The van der Waals surface area contributed by atoms with Crippen LogP contribution in [-0.2, 0) is 19.1 Å². The molecule has 32 heavy (non-hydrogen) atoms. The molecule has 0 saturated heterocycles. The third-order valence-electron chi connectivity index (χ3n) is 6.53. The Morgan fingerprint density at radius 1 is 1.09 bits per heavy atom. The summed E-state index contributed by atoms with van der Waals surface area (Å²) in [6.07, 6.45) is 8.20. The average molecular weight is 452 g/mol. The van der Waals surface area contributed by atoms with Crippen molar-refractivity contribution in [2.24, 2.45) is 5.92 Å². The van der Waals surface area contributed by atoms with E-state index < -0.39 is 11.6 Å². The topological polar surface area (TPSA) is 87.7 Å². The lowest BCUT2D eigenvalue weighted by Gasteiger charge is -2.38. The van der Waals surface area contributed by atoms with Crippen molar-refractivity contribution in [2.45, 2.75) is 104 Å². The zero-order valence-electron chi connectivity index (χ0n) is 21.3. The van der Waals surface area contributed by atoms with Crippen LogP contribution in [0.1, 0.15) is 86.5 Å². The van der Waals surface area contributed by atoms with Crippen LogP contribution in [0, 0.1) is 5.92 Å². The third kappa shape index (κ3) is 7.91. The van der Waals surface area contributed by atoms with E-state index in [9.17, 15) is 14.4 Å². The van der Waals surface area contributed by atoms with Crippen LogP contribution in [-0.4, -0.2) is 60.5 Å². The summed E-state index contributed by atoms with van der Waals surface area (Å²) in [7, 11) is 1.72. The van der Waals surface area contributed by atoms with Crippen LogP contribution in [0.15, 0.2) is 11.6 Å². The van der Waals surface area contributed by atoms with Gasteiger partial charge in [0.2, 0.25) is 11.8 Å². The van der Waals surface area contributed by atoms with Crippen molar-refractivity contribution in [1.82, 2.24) is 15.5 Å². The van der Waals surface area contributed by atoms with Gasteiger partial charge in [-0.2, -0.15) is 0 Å². The molecule has 7 heteroatoms. The normalized spacial score (nSPS) is 16.6. The highest BCUT2D eigenvalue weighted by Gasteiger charge is 2.40. The number of likely N-dealkylation sites (N-methyl/N-ethyl adjacent to an activating group) is 1. The van der Waals surface area contributed by atoms with Gasteiger partial charge in [-0.1, -0.05) is 39.2 Å². The molecule has 1 saturated carbocycles. The summed E-state index contributed by atoms with van der Waals surface area (Å²) >= 11 is 0. The van der Waals surface area contributed by atoms with Crippen molar-refractivity contribution in [3.8, 4) is 0 Å². The van der Waals surface area contributed by atoms with Crippen molar-refractivity contribution in [2.75, 3.05) is 20.2 Å². The molecule has 0 aromatic heterocycles. The predicted molar refractivity (Wildman–Crippen MR) is 128 cm³/mol. The van der Waals surface area contributed by atoms with Crippen LogP contribution in [0.2, 0.25) is 0 Å². The van der Waals surface area contributed by atoms with E-state index in [1.54, 1.807) is 31.9 Å². The Kier molecular flexibility index (Phi) is 12.0. The van der Waals surface area contributed by atoms with Crippen LogP contribution in [0.3, 0.4) is 0 Å². The molecular formula is C25H45N3O4. The van der Waals surface area contributed by atoms with E-state index in [2.05, 4.69) is 10.6 Å². The second-order valence-electron chi connectivity index (χ2n) is 9.26. The lowest BCUT2D eigenvalue weighted by atomic mass is 9.82. The highest BCUT2D eigenvalue weighted by atomic mass is 16.5. The predicted octanol–water partition coefficient (Wildman–Crippen LogP) is 3.58. The molecule has 2 N–H and O–H groups in total. The molecule has 1 aliphatic rings. The molecule has 1 rings (SSSR count). The van der Waals surface area contributed by atoms with Gasteiger partial charge in [0, 0.05) is 25.2 Å². The molecule has 1 aliphatic carbocycles. The van der Waals surface area contributed by atoms with E-state index >= 15 is 0 Å². The van der Waals surface area contributed by atoms with Gasteiger partial charge in [0.1, 0.15) is 6.04 Å². The van der Waals surface area contributed by atoms with Gasteiger partial charge in [0.25, 0.3) is 0 Å². The number of hydrogen-bond acceptors (Lipinski definition) is 5. The van der Waals surface area contributed by atoms with Gasteiger partial charge >= 0.3 is 5.97 Å². The molecule has 0 spiro atoms. The number of rotatable bonds is 12. The van der Waals surface area contributed by atoms with Crippen molar-refractivity contribution in [3.63, 3.8) is 0 Å². The number of ether oxygens (including phenoxy) is 1. The van der Waals surface area contributed by atoms with E-state index in [0.29, 0.717) is 31.6 Å². The molecule has 1 fully saturated rings. The van der Waals surface area contributed by atoms with Crippen LogP contribution in [0.25, 0.3) is 0 Å². The minimum absolute atomic E-state index is 0.105. The summed E-state index contributed by atoms with van der Waals surface area (Å²) in [6, 6.07) is -0.404. The monoisotopic (exact) mass is 451 g/mol. The standard InChI is InChI=1S/C25H45N3O4/c1-8-25(9-2,27-18(4)5)24(31)26-21(20-14-12-11-13-15-20)22(29)28(7)17-16-19(6)23(30)32-10-3/h16,18,20-21,27H,8-15,17H2,1-7H3,(H,26,31)/b19-16+. The minimum atomic E-state index is -0.694. The fraction of sp³-hybridized carbons (Fsp3) is 0.800. The number of esters is 1. The molecule has 0 bridgehead atoms. The Morgan fingerprint density at radius 2 is 1.69 bits per heavy atom. The van der Waals surface area contributed by atoms with Gasteiger partial charge in [0.05, 0.1) is 12.1 Å². The summed E-state index contributed by atoms with van der Waals surface area (Å²) in [5.74, 6) is -0.459. The quantitative estimate of drug-likeness (QED) is 0.350. The second-order valence-corrected chi connectivity index (χ2v) is 9.26. The van der Waals surface area contributed by atoms with E-state index in [1.807, 2.05) is 27.7 Å². The first-order valence-electron chi connectivity index (χ1n) is 12.3. The van der Waals surface area contributed by atoms with Crippen molar-refractivity contribution >= 4 is 17.8 Å². The zero-order valence-corrected chi connectivity index (χ0v) is 21.3. The van der Waals surface area contributed by atoms with Crippen molar-refractivity contribution in [1.29, 1.82) is 0 Å². The van der Waals surface area contributed by atoms with E-state index in [0.717, 1.165) is 25.7 Å². The molecule has 184 valence electrons. The first-order chi connectivity index (χ1) is 15.1. The molecular weight excluding hydrogens is 406 g/mol. The second kappa shape index (κ2) is 13.6. The largest absolute Gasteiger partial charge is 0.463 e. The fourth-order valence-corrected chi connectivity index (χ4v) is 4.45. The molecule has 2 amide bonds. The van der Waals surface area contributed by atoms with E-state index in [4.69, 9.17) is 4.74 Å². The maximum atomic E-state index is 13.5. The van der Waals surface area contributed by atoms with Gasteiger partial charge in [0.15, 0.2) is 0 Å². The van der Waals surface area contributed by atoms with Gasteiger partial charge in [-0.05, 0) is 59.3 Å². The average Bonchev–Trinajstić information content (AvgIpc) is 2.79. The maximum Gasteiger partial charge on any atom is 0.333 e. The molecule has 0 aromatic rings. The smallest absolute Gasteiger partial charge is 0.333 e. The Labute approximate surface area is 194 Å². The van der Waals surface area contributed by atoms with Crippen LogP contribution in [0.4, 0.5) is 0 Å². The summed E-state index contributed by atoms with van der Waals surface area (Å²) in [5, 5.41) is 6.58. The van der Waals surface area contributed by atoms with Gasteiger partial charge in [-0.3, -0.25) is 9.59 Å². The number of carbonyl (C=O) groups excluding carboxylic acids is 3. The van der Waals surface area contributed by atoms with Crippen LogP contribution < -0.4 is 10.6 Å². The van der Waals surface area contributed by atoms with Gasteiger partial charge in [-0.25, -0.2) is 4.79 Å². The highest BCUT2D eigenvalue weighted by Crippen LogP contribution is 2.28. The highest BCUT2D eigenvalue weighted by molar-refractivity contribution is 5.92. The molecule has 0 radical (unpaired) electrons. The minimum Gasteiger partial charge on any atom is -0.463 e. The Balaban J connectivity index is 3.05. The van der Waals surface area contributed by atoms with Crippen molar-refractivity contribution in [3.05, 3.63) is 11.6 Å². The molecule has 1 atom stereocenters. The third-order valence-corrected chi connectivity index (χ3v) is 6.53. The van der Waals surface area contributed by atoms with Gasteiger partial charge < -0.3 is 20.3 Å². The first kappa shape index (κ1) is 28.1. The SMILES string of the molecule is CCOC(=O)/C(C)=C/CN(C)C(=O)C(NC(=O)C(CC)(CC)NC(C)C)C1CCCCC1. The Bertz CT molecular complexity index is 650. The van der Waals surface area contributed by atoms with E-state index in [1.165, 1.54) is 6.42 Å². The fourth-order valence-electron chi connectivity index (χ4n) is 4.45. The molecule has 1 unspecified atom stereocenters. The molecule has 7 nitrogen and oxygen atoms in total. The molecule has 0 heterocycles. The zero-order chi connectivity index (χ0) is 24.3. The van der Waals surface area contributed by atoms with Crippen LogP contribution in [0.5, 0.6) is 0 Å². The lowest BCUT2D eigenvalue weighted by molar-refractivity contribution is -0.139. The maximum absolute atomic E-state index is 13.5. The number of nitrogens with one attached hydrogen (secondary N) is 2.